The van der Waals surface area contributed by atoms with Crippen LogP contribution in [-0.2, 0) is 6.42 Å². The quantitative estimate of drug-likeness (QED) is 0.566. The zero-order chi connectivity index (χ0) is 18.8. The summed E-state index contributed by atoms with van der Waals surface area (Å²) in [5.74, 6) is 1.45. The minimum atomic E-state index is -0.186. The molecule has 0 spiro atoms. The van der Waals surface area contributed by atoms with E-state index >= 15 is 0 Å². The Kier molecular flexibility index (Phi) is 8.58. The molecule has 7 heteroatoms. The van der Waals surface area contributed by atoms with Crippen molar-refractivity contribution in [3.63, 3.8) is 0 Å². The average Bonchev–Trinajstić information content (AvgIpc) is 2.63. The molecule has 2 N–H and O–H groups in total. The molecule has 0 heterocycles. The lowest BCUT2D eigenvalue weighted by Crippen LogP contribution is -2.37. The topological polar surface area (TPSA) is 59.6 Å². The van der Waals surface area contributed by atoms with Crippen LogP contribution in [0.5, 0.6) is 11.5 Å². The molecule has 0 aliphatic rings. The average molecular weight is 442 g/mol. The molecule has 0 saturated carbocycles. The maximum Gasteiger partial charge on any atom is 0.314 e. The first-order valence-corrected chi connectivity index (χ1v) is 9.48. The molecular weight excluding hydrogens is 420 g/mol. The first-order chi connectivity index (χ1) is 12.6. The van der Waals surface area contributed by atoms with Crippen molar-refractivity contribution >= 4 is 33.6 Å². The van der Waals surface area contributed by atoms with Crippen molar-refractivity contribution in [2.24, 2.45) is 0 Å². The normalized spacial score (nSPS) is 10.3. The van der Waals surface area contributed by atoms with Crippen molar-refractivity contribution in [3.05, 3.63) is 57.5 Å². The van der Waals surface area contributed by atoms with Gasteiger partial charge < -0.3 is 20.1 Å². The summed E-state index contributed by atoms with van der Waals surface area (Å²) < 4.78 is 11.7. The number of carbonyl (C=O) groups excluding carboxylic acids is 1. The van der Waals surface area contributed by atoms with E-state index in [0.29, 0.717) is 36.9 Å². The summed E-state index contributed by atoms with van der Waals surface area (Å²) in [6, 6.07) is 13.1. The molecule has 140 valence electrons. The highest BCUT2D eigenvalue weighted by Gasteiger charge is 2.03. The molecule has 5 nitrogen and oxygen atoms in total. The molecule has 0 atom stereocenters. The fourth-order valence-electron chi connectivity index (χ4n) is 2.26. The minimum absolute atomic E-state index is 0.186. The standard InChI is InChI=1S/C19H22BrClN2O3/c1-25-16-5-2-4-14(12-16)8-10-23-19(24)22-9-3-11-26-18-7-6-15(20)13-17(18)21/h2,4-7,12-13H,3,8-11H2,1H3,(H2,22,23,24). The van der Waals surface area contributed by atoms with E-state index in [1.54, 1.807) is 13.2 Å². The van der Waals surface area contributed by atoms with E-state index in [1.807, 2.05) is 36.4 Å². The van der Waals surface area contributed by atoms with E-state index < -0.39 is 0 Å². The fraction of sp³-hybridized carbons (Fsp3) is 0.316. The van der Waals surface area contributed by atoms with Gasteiger partial charge in [-0.1, -0.05) is 39.7 Å². The van der Waals surface area contributed by atoms with Crippen LogP contribution in [0.25, 0.3) is 0 Å². The van der Waals surface area contributed by atoms with Crippen molar-refractivity contribution < 1.29 is 14.3 Å². The number of benzene rings is 2. The van der Waals surface area contributed by atoms with Gasteiger partial charge in [0, 0.05) is 17.6 Å². The second-order valence-corrected chi connectivity index (χ2v) is 6.88. The van der Waals surface area contributed by atoms with E-state index in [4.69, 9.17) is 21.1 Å². The predicted octanol–water partition coefficient (Wildman–Crippen LogP) is 4.42. The molecule has 0 saturated heterocycles. The minimum Gasteiger partial charge on any atom is -0.497 e. The summed E-state index contributed by atoms with van der Waals surface area (Å²) in [5, 5.41) is 6.20. The smallest absolute Gasteiger partial charge is 0.314 e. The first kappa shape index (κ1) is 20.4. The zero-order valence-corrected chi connectivity index (χ0v) is 16.9. The second-order valence-electron chi connectivity index (χ2n) is 5.56. The van der Waals surface area contributed by atoms with Gasteiger partial charge in [0.1, 0.15) is 11.5 Å². The van der Waals surface area contributed by atoms with E-state index in [9.17, 15) is 4.79 Å². The number of amides is 2. The van der Waals surface area contributed by atoms with Crippen LogP contribution in [-0.4, -0.2) is 32.8 Å². The molecule has 0 aromatic heterocycles. The molecule has 26 heavy (non-hydrogen) atoms. The third kappa shape index (κ3) is 7.14. The molecule has 2 aromatic carbocycles. The van der Waals surface area contributed by atoms with Gasteiger partial charge >= 0.3 is 6.03 Å². The van der Waals surface area contributed by atoms with Gasteiger partial charge in [0.15, 0.2) is 0 Å². The Balaban J connectivity index is 1.57. The maximum absolute atomic E-state index is 11.8. The monoisotopic (exact) mass is 440 g/mol. The lowest BCUT2D eigenvalue weighted by atomic mass is 10.1. The molecule has 2 amide bonds. The first-order valence-electron chi connectivity index (χ1n) is 8.31. The Bertz CT molecular complexity index is 728. The zero-order valence-electron chi connectivity index (χ0n) is 14.6. The van der Waals surface area contributed by atoms with Gasteiger partial charge in [0.05, 0.1) is 18.7 Å². The molecule has 0 unspecified atom stereocenters. The summed E-state index contributed by atoms with van der Waals surface area (Å²) >= 11 is 9.42. The van der Waals surface area contributed by atoms with E-state index in [1.165, 1.54) is 0 Å². The lowest BCUT2D eigenvalue weighted by Gasteiger charge is -2.10. The highest BCUT2D eigenvalue weighted by Crippen LogP contribution is 2.27. The van der Waals surface area contributed by atoms with Crippen LogP contribution in [0.2, 0.25) is 5.02 Å². The third-order valence-corrected chi connectivity index (χ3v) is 4.38. The summed E-state index contributed by atoms with van der Waals surface area (Å²) in [6.45, 7) is 1.56. The number of methoxy groups -OCH3 is 1. The maximum atomic E-state index is 11.8. The largest absolute Gasteiger partial charge is 0.497 e. The van der Waals surface area contributed by atoms with Crippen LogP contribution >= 0.6 is 27.5 Å². The Morgan fingerprint density at radius 2 is 1.96 bits per heavy atom. The highest BCUT2D eigenvalue weighted by molar-refractivity contribution is 9.10. The number of halogens is 2. The van der Waals surface area contributed by atoms with E-state index in [-0.39, 0.29) is 6.03 Å². The van der Waals surface area contributed by atoms with E-state index in [0.717, 1.165) is 22.2 Å². The fourth-order valence-corrected chi connectivity index (χ4v) is 2.99. The molecule has 0 radical (unpaired) electrons. The van der Waals surface area contributed by atoms with Crippen molar-refractivity contribution in [1.82, 2.24) is 10.6 Å². The predicted molar refractivity (Wildman–Crippen MR) is 107 cm³/mol. The van der Waals surface area contributed by atoms with Gasteiger partial charge in [-0.05, 0) is 48.7 Å². The van der Waals surface area contributed by atoms with Gasteiger partial charge in [0.25, 0.3) is 0 Å². The Hall–Kier alpha value is -1.92. The number of ether oxygens (including phenoxy) is 2. The number of hydrogen-bond acceptors (Lipinski definition) is 3. The molecule has 2 rings (SSSR count). The van der Waals surface area contributed by atoms with E-state index in [2.05, 4.69) is 26.6 Å². The number of urea groups is 1. The molecule has 0 aliphatic carbocycles. The molecule has 0 fully saturated rings. The summed E-state index contributed by atoms with van der Waals surface area (Å²) in [7, 11) is 1.64. The Morgan fingerprint density at radius 1 is 1.15 bits per heavy atom. The Morgan fingerprint density at radius 3 is 2.73 bits per heavy atom. The highest BCUT2D eigenvalue weighted by atomic mass is 79.9. The van der Waals surface area contributed by atoms with Gasteiger partial charge in [-0.3, -0.25) is 0 Å². The molecule has 0 bridgehead atoms. The number of carbonyl (C=O) groups is 1. The number of nitrogens with one attached hydrogen (secondary N) is 2. The summed E-state index contributed by atoms with van der Waals surface area (Å²) in [4.78, 5) is 11.8. The van der Waals surface area contributed by atoms with Gasteiger partial charge in [-0.2, -0.15) is 0 Å². The third-order valence-electron chi connectivity index (χ3n) is 3.59. The van der Waals surface area contributed by atoms with Crippen LogP contribution in [0.4, 0.5) is 4.79 Å². The summed E-state index contributed by atoms with van der Waals surface area (Å²) in [5.41, 5.74) is 1.12. The van der Waals surface area contributed by atoms with Crippen LogP contribution in [0.1, 0.15) is 12.0 Å². The number of rotatable bonds is 9. The van der Waals surface area contributed by atoms with Gasteiger partial charge in [-0.15, -0.1) is 0 Å². The molecule has 0 aliphatic heterocycles. The summed E-state index contributed by atoms with van der Waals surface area (Å²) in [6.07, 6.45) is 1.44. The van der Waals surface area contributed by atoms with Crippen LogP contribution in [0, 0.1) is 0 Å². The molecular formula is C19H22BrClN2O3. The van der Waals surface area contributed by atoms with Crippen molar-refractivity contribution in [1.29, 1.82) is 0 Å². The van der Waals surface area contributed by atoms with Crippen LogP contribution in [0.15, 0.2) is 46.9 Å². The van der Waals surface area contributed by atoms with Crippen LogP contribution in [0.3, 0.4) is 0 Å². The number of hydrogen-bond donors (Lipinski definition) is 2. The lowest BCUT2D eigenvalue weighted by molar-refractivity contribution is 0.239. The second kappa shape index (κ2) is 10.9. The van der Waals surface area contributed by atoms with Crippen molar-refractivity contribution in [2.75, 3.05) is 26.8 Å². The van der Waals surface area contributed by atoms with Crippen LogP contribution < -0.4 is 20.1 Å². The molecule has 2 aromatic rings. The SMILES string of the molecule is COc1cccc(CCNC(=O)NCCCOc2ccc(Br)cc2Cl)c1. The Labute approximate surface area is 167 Å². The van der Waals surface area contributed by atoms with Gasteiger partial charge in [-0.25, -0.2) is 4.79 Å². The van der Waals surface area contributed by atoms with Crippen molar-refractivity contribution in [2.45, 2.75) is 12.8 Å². The van der Waals surface area contributed by atoms with Crippen molar-refractivity contribution in [3.8, 4) is 11.5 Å². The van der Waals surface area contributed by atoms with Gasteiger partial charge in [0.2, 0.25) is 0 Å².